The molecule has 4 aromatic rings. The molecule has 0 atom stereocenters. The number of aryl methyl sites for hydroxylation is 2. The van der Waals surface area contributed by atoms with Crippen molar-refractivity contribution >= 4 is 10.8 Å². The molecule has 4 rings (SSSR count). The predicted octanol–water partition coefficient (Wildman–Crippen LogP) is 9.29. The molecule has 0 aliphatic rings. The highest BCUT2D eigenvalue weighted by atomic mass is 19.1. The first-order valence-electron chi connectivity index (χ1n) is 12.7. The number of unbranched alkanes of at least 4 members (excludes halogenated alkanes) is 2. The zero-order valence-corrected chi connectivity index (χ0v) is 20.8. The molecule has 35 heavy (non-hydrogen) atoms. The van der Waals surface area contributed by atoms with E-state index in [1.54, 1.807) is 0 Å². The SMILES string of the molecule is C/C=C/CCc1ccc(C#Cc2ccc3c(F)c(-c4ccc(CCCCC)cc4)ccc3c2)cc1. The summed E-state index contributed by atoms with van der Waals surface area (Å²) in [6, 6.07) is 26.4. The van der Waals surface area contributed by atoms with Gasteiger partial charge in [0, 0.05) is 22.1 Å². The van der Waals surface area contributed by atoms with Gasteiger partial charge in [0.1, 0.15) is 5.82 Å². The van der Waals surface area contributed by atoms with E-state index in [1.807, 2.05) is 49.4 Å². The lowest BCUT2D eigenvalue weighted by Crippen LogP contribution is -1.90. The Labute approximate surface area is 209 Å². The fourth-order valence-corrected chi connectivity index (χ4v) is 4.34. The molecule has 0 N–H and O–H groups in total. The van der Waals surface area contributed by atoms with Crippen LogP contribution in [0.1, 0.15) is 61.8 Å². The summed E-state index contributed by atoms with van der Waals surface area (Å²) in [5.74, 6) is 6.30. The van der Waals surface area contributed by atoms with Gasteiger partial charge in [-0.05, 0) is 78.9 Å². The van der Waals surface area contributed by atoms with Crippen molar-refractivity contribution in [2.24, 2.45) is 0 Å². The predicted molar refractivity (Wildman–Crippen MR) is 148 cm³/mol. The quantitative estimate of drug-likeness (QED) is 0.140. The van der Waals surface area contributed by atoms with Crippen molar-refractivity contribution in [1.29, 1.82) is 0 Å². The Balaban J connectivity index is 1.50. The van der Waals surface area contributed by atoms with Crippen molar-refractivity contribution in [2.75, 3.05) is 0 Å². The number of rotatable bonds is 8. The maximum atomic E-state index is 15.4. The van der Waals surface area contributed by atoms with E-state index in [0.29, 0.717) is 10.9 Å². The standard InChI is InChI=1S/C34H33F/c1-3-5-7-9-26-11-13-28(14-12-26)15-16-29-19-23-33-31(25-29)22-24-32(34(33)35)30-20-17-27(18-21-30)10-8-6-4-2/h3,5,11-14,17-25H,4,6-10H2,1-2H3/b5-3+. The second-order valence-corrected chi connectivity index (χ2v) is 9.07. The molecule has 0 saturated carbocycles. The van der Waals surface area contributed by atoms with E-state index in [2.05, 4.69) is 67.3 Å². The maximum absolute atomic E-state index is 15.4. The summed E-state index contributed by atoms with van der Waals surface area (Å²) in [6.45, 7) is 4.26. The van der Waals surface area contributed by atoms with Gasteiger partial charge < -0.3 is 0 Å². The molecule has 0 aromatic heterocycles. The van der Waals surface area contributed by atoms with Crippen LogP contribution < -0.4 is 0 Å². The van der Waals surface area contributed by atoms with Crippen LogP contribution in [0.25, 0.3) is 21.9 Å². The molecular weight excluding hydrogens is 427 g/mol. The summed E-state index contributed by atoms with van der Waals surface area (Å²) >= 11 is 0. The average molecular weight is 461 g/mol. The minimum Gasteiger partial charge on any atom is -0.206 e. The van der Waals surface area contributed by atoms with Crippen molar-refractivity contribution in [3.63, 3.8) is 0 Å². The monoisotopic (exact) mass is 460 g/mol. The molecule has 0 amide bonds. The molecular formula is C34H33F. The lowest BCUT2D eigenvalue weighted by atomic mass is 9.97. The summed E-state index contributed by atoms with van der Waals surface area (Å²) in [6.07, 6.45) is 11.1. The van der Waals surface area contributed by atoms with Gasteiger partial charge in [0.25, 0.3) is 0 Å². The van der Waals surface area contributed by atoms with Gasteiger partial charge in [-0.3, -0.25) is 0 Å². The van der Waals surface area contributed by atoms with Crippen molar-refractivity contribution in [3.8, 4) is 23.0 Å². The fraction of sp³-hybridized carbons (Fsp3) is 0.235. The van der Waals surface area contributed by atoms with Gasteiger partial charge in [0.15, 0.2) is 0 Å². The first kappa shape index (κ1) is 24.5. The lowest BCUT2D eigenvalue weighted by molar-refractivity contribution is 0.643. The zero-order chi connectivity index (χ0) is 24.5. The number of hydrogen-bond donors (Lipinski definition) is 0. The normalized spacial score (nSPS) is 11.1. The highest BCUT2D eigenvalue weighted by molar-refractivity contribution is 5.89. The first-order chi connectivity index (χ1) is 17.2. The first-order valence-corrected chi connectivity index (χ1v) is 12.7. The van der Waals surface area contributed by atoms with E-state index in [0.717, 1.165) is 41.3 Å². The Morgan fingerprint density at radius 3 is 2.17 bits per heavy atom. The molecule has 0 bridgehead atoms. The molecule has 0 fully saturated rings. The van der Waals surface area contributed by atoms with Crippen LogP contribution in [-0.4, -0.2) is 0 Å². The van der Waals surface area contributed by atoms with Crippen LogP contribution in [0.5, 0.6) is 0 Å². The highest BCUT2D eigenvalue weighted by Gasteiger charge is 2.10. The third kappa shape index (κ3) is 6.49. The topological polar surface area (TPSA) is 0 Å². The third-order valence-corrected chi connectivity index (χ3v) is 6.43. The van der Waals surface area contributed by atoms with Crippen molar-refractivity contribution in [3.05, 3.63) is 119 Å². The molecule has 0 radical (unpaired) electrons. The number of hydrogen-bond acceptors (Lipinski definition) is 0. The van der Waals surface area contributed by atoms with Crippen LogP contribution in [0.2, 0.25) is 0 Å². The minimum absolute atomic E-state index is 0.172. The molecule has 0 aliphatic carbocycles. The van der Waals surface area contributed by atoms with E-state index < -0.39 is 0 Å². The van der Waals surface area contributed by atoms with Gasteiger partial charge in [-0.1, -0.05) is 98.4 Å². The van der Waals surface area contributed by atoms with E-state index >= 15 is 4.39 Å². The van der Waals surface area contributed by atoms with Gasteiger partial charge in [0.2, 0.25) is 0 Å². The van der Waals surface area contributed by atoms with Crippen LogP contribution in [0.3, 0.4) is 0 Å². The maximum Gasteiger partial charge on any atom is 0.138 e. The zero-order valence-electron chi connectivity index (χ0n) is 20.8. The Morgan fingerprint density at radius 2 is 1.43 bits per heavy atom. The molecule has 4 aromatic carbocycles. The van der Waals surface area contributed by atoms with Crippen molar-refractivity contribution < 1.29 is 4.39 Å². The summed E-state index contributed by atoms with van der Waals surface area (Å²) in [7, 11) is 0. The Morgan fingerprint density at radius 1 is 0.743 bits per heavy atom. The van der Waals surface area contributed by atoms with Gasteiger partial charge in [-0.2, -0.15) is 0 Å². The molecule has 0 heterocycles. The molecule has 1 heteroatoms. The largest absolute Gasteiger partial charge is 0.206 e. The number of halogens is 1. The Kier molecular flexibility index (Phi) is 8.53. The van der Waals surface area contributed by atoms with Gasteiger partial charge >= 0.3 is 0 Å². The van der Waals surface area contributed by atoms with E-state index in [9.17, 15) is 0 Å². The second kappa shape index (κ2) is 12.2. The van der Waals surface area contributed by atoms with E-state index in [-0.39, 0.29) is 5.82 Å². The summed E-state index contributed by atoms with van der Waals surface area (Å²) in [5, 5.41) is 1.50. The summed E-state index contributed by atoms with van der Waals surface area (Å²) in [4.78, 5) is 0. The molecule has 0 unspecified atom stereocenters. The van der Waals surface area contributed by atoms with E-state index in [4.69, 9.17) is 0 Å². The average Bonchev–Trinajstić information content (AvgIpc) is 2.89. The third-order valence-electron chi connectivity index (χ3n) is 6.43. The smallest absolute Gasteiger partial charge is 0.138 e. The van der Waals surface area contributed by atoms with Gasteiger partial charge in [-0.25, -0.2) is 4.39 Å². The van der Waals surface area contributed by atoms with Gasteiger partial charge in [-0.15, -0.1) is 0 Å². The Hall–Kier alpha value is -3.63. The van der Waals surface area contributed by atoms with Crippen LogP contribution in [-0.2, 0) is 12.8 Å². The fourth-order valence-electron chi connectivity index (χ4n) is 4.34. The van der Waals surface area contributed by atoms with E-state index in [1.165, 1.54) is 30.4 Å². The molecule has 0 saturated heterocycles. The second-order valence-electron chi connectivity index (χ2n) is 9.07. The molecule has 0 nitrogen and oxygen atoms in total. The van der Waals surface area contributed by atoms with Crippen LogP contribution in [0.15, 0.2) is 91.0 Å². The summed E-state index contributed by atoms with van der Waals surface area (Å²) in [5.41, 5.74) is 6.07. The van der Waals surface area contributed by atoms with Crippen LogP contribution in [0, 0.1) is 17.7 Å². The Bertz CT molecular complexity index is 1350. The number of benzene rings is 4. The number of fused-ring (bicyclic) bond motifs is 1. The minimum atomic E-state index is -0.172. The van der Waals surface area contributed by atoms with Crippen LogP contribution in [0.4, 0.5) is 4.39 Å². The molecule has 0 spiro atoms. The van der Waals surface area contributed by atoms with Gasteiger partial charge in [0.05, 0.1) is 0 Å². The number of allylic oxidation sites excluding steroid dienone is 2. The van der Waals surface area contributed by atoms with Crippen LogP contribution >= 0.6 is 0 Å². The molecule has 176 valence electrons. The van der Waals surface area contributed by atoms with Crippen molar-refractivity contribution in [1.82, 2.24) is 0 Å². The summed E-state index contributed by atoms with van der Waals surface area (Å²) < 4.78 is 15.4. The highest BCUT2D eigenvalue weighted by Crippen LogP contribution is 2.30. The lowest BCUT2D eigenvalue weighted by Gasteiger charge is -2.09. The molecule has 0 aliphatic heterocycles. The van der Waals surface area contributed by atoms with Crippen molar-refractivity contribution in [2.45, 2.75) is 52.4 Å².